The molecule has 90 valence electrons. The van der Waals surface area contributed by atoms with Crippen molar-refractivity contribution in [1.29, 1.82) is 0 Å². The predicted molar refractivity (Wildman–Crippen MR) is 64.0 cm³/mol. The maximum Gasteiger partial charge on any atom is 0.268 e. The molecule has 0 N–H and O–H groups in total. The minimum Gasteiger partial charge on any atom is -0.370 e. The fourth-order valence-electron chi connectivity index (χ4n) is 1.92. The van der Waals surface area contributed by atoms with Crippen molar-refractivity contribution in [3.8, 4) is 0 Å². The molecule has 0 spiro atoms. The predicted octanol–water partition coefficient (Wildman–Crippen LogP) is 1.15. The molecule has 0 aromatic carbocycles. The molecular weight excluding hydrogens is 220 g/mol. The second kappa shape index (κ2) is 5.36. The molecule has 7 nitrogen and oxygen atoms in total. The molecule has 2 rings (SSSR count). The van der Waals surface area contributed by atoms with Gasteiger partial charge < -0.3 is 4.90 Å². The van der Waals surface area contributed by atoms with Crippen molar-refractivity contribution in [3.63, 3.8) is 0 Å². The van der Waals surface area contributed by atoms with Crippen molar-refractivity contribution in [2.45, 2.75) is 19.4 Å². The summed E-state index contributed by atoms with van der Waals surface area (Å²) in [5.41, 5.74) is 8.88. The van der Waals surface area contributed by atoms with Gasteiger partial charge in [-0.2, -0.15) is 5.10 Å². The third-order valence-corrected chi connectivity index (χ3v) is 2.80. The van der Waals surface area contributed by atoms with Gasteiger partial charge in [0.1, 0.15) is 0 Å². The maximum absolute atomic E-state index is 11.7. The van der Waals surface area contributed by atoms with E-state index in [4.69, 9.17) is 5.53 Å². The zero-order chi connectivity index (χ0) is 12.1. The van der Waals surface area contributed by atoms with Gasteiger partial charge in [-0.3, -0.25) is 4.79 Å². The molecule has 0 atom stereocenters. The molecule has 1 saturated heterocycles. The first-order valence-corrected chi connectivity index (χ1v) is 5.64. The highest BCUT2D eigenvalue weighted by molar-refractivity contribution is 5.43. The Morgan fingerprint density at radius 1 is 1.47 bits per heavy atom. The largest absolute Gasteiger partial charge is 0.370 e. The van der Waals surface area contributed by atoms with Crippen molar-refractivity contribution in [3.05, 3.63) is 33.1 Å². The molecule has 7 heteroatoms. The van der Waals surface area contributed by atoms with Crippen LogP contribution in [0.25, 0.3) is 10.4 Å². The minimum atomic E-state index is -0.150. The normalized spacial score (nSPS) is 14.7. The van der Waals surface area contributed by atoms with Gasteiger partial charge in [-0.05, 0) is 18.4 Å². The number of nitrogens with zero attached hydrogens (tertiary/aromatic N) is 6. The third kappa shape index (κ3) is 2.76. The fraction of sp³-hybridized carbons (Fsp3) is 0.600. The van der Waals surface area contributed by atoms with E-state index in [1.807, 2.05) is 0 Å². The molecule has 1 aromatic rings. The Bertz CT molecular complexity index is 484. The van der Waals surface area contributed by atoms with Crippen LogP contribution in [0.1, 0.15) is 12.8 Å². The van der Waals surface area contributed by atoms with E-state index in [1.165, 1.54) is 17.5 Å². The molecule has 0 radical (unpaired) electrons. The van der Waals surface area contributed by atoms with Crippen molar-refractivity contribution >= 4 is 5.69 Å². The van der Waals surface area contributed by atoms with Gasteiger partial charge in [0.25, 0.3) is 5.56 Å². The summed E-state index contributed by atoms with van der Waals surface area (Å²) < 4.78 is 1.31. The fourth-order valence-corrected chi connectivity index (χ4v) is 1.92. The standard InChI is InChI=1S/C10H14N6O/c11-14-12-3-6-16-10(17)7-9(8-13-16)15-4-1-2-5-15/h7-8H,1-6H2. The van der Waals surface area contributed by atoms with E-state index in [1.54, 1.807) is 12.3 Å². The zero-order valence-electron chi connectivity index (χ0n) is 9.49. The Balaban J connectivity index is 2.10. The van der Waals surface area contributed by atoms with Crippen molar-refractivity contribution < 1.29 is 0 Å². The summed E-state index contributed by atoms with van der Waals surface area (Å²) in [4.78, 5) is 16.5. The van der Waals surface area contributed by atoms with Gasteiger partial charge in [0.15, 0.2) is 0 Å². The molecule has 1 aliphatic rings. The quantitative estimate of drug-likeness (QED) is 0.445. The highest BCUT2D eigenvalue weighted by Gasteiger charge is 2.13. The third-order valence-electron chi connectivity index (χ3n) is 2.80. The summed E-state index contributed by atoms with van der Waals surface area (Å²) in [5.74, 6) is 0. The van der Waals surface area contributed by atoms with E-state index in [2.05, 4.69) is 20.0 Å². The highest BCUT2D eigenvalue weighted by Crippen LogP contribution is 2.16. The van der Waals surface area contributed by atoms with Gasteiger partial charge in [-0.15, -0.1) is 0 Å². The van der Waals surface area contributed by atoms with E-state index in [0.29, 0.717) is 6.54 Å². The zero-order valence-corrected chi connectivity index (χ0v) is 9.49. The Hall–Kier alpha value is -2.01. The smallest absolute Gasteiger partial charge is 0.268 e. The molecule has 0 saturated carbocycles. The second-order valence-electron chi connectivity index (χ2n) is 3.92. The van der Waals surface area contributed by atoms with Crippen LogP contribution >= 0.6 is 0 Å². The second-order valence-corrected chi connectivity index (χ2v) is 3.92. The van der Waals surface area contributed by atoms with Crippen LogP contribution < -0.4 is 10.5 Å². The minimum absolute atomic E-state index is 0.150. The monoisotopic (exact) mass is 234 g/mol. The Kier molecular flexibility index (Phi) is 3.62. The summed E-state index contributed by atoms with van der Waals surface area (Å²) >= 11 is 0. The van der Waals surface area contributed by atoms with E-state index < -0.39 is 0 Å². The lowest BCUT2D eigenvalue weighted by atomic mass is 10.4. The van der Waals surface area contributed by atoms with Crippen LogP contribution in [-0.2, 0) is 6.54 Å². The van der Waals surface area contributed by atoms with Crippen LogP contribution in [0.5, 0.6) is 0 Å². The Morgan fingerprint density at radius 2 is 2.24 bits per heavy atom. The molecule has 0 unspecified atom stereocenters. The van der Waals surface area contributed by atoms with Crippen LogP contribution in [0.2, 0.25) is 0 Å². The maximum atomic E-state index is 11.7. The lowest BCUT2D eigenvalue weighted by molar-refractivity contribution is 0.585. The van der Waals surface area contributed by atoms with E-state index in [-0.39, 0.29) is 12.1 Å². The Morgan fingerprint density at radius 3 is 2.88 bits per heavy atom. The molecule has 0 amide bonds. The van der Waals surface area contributed by atoms with Gasteiger partial charge in [-0.25, -0.2) is 4.68 Å². The molecule has 2 heterocycles. The molecule has 0 aliphatic carbocycles. The number of anilines is 1. The van der Waals surface area contributed by atoms with Gasteiger partial charge in [0.2, 0.25) is 0 Å². The van der Waals surface area contributed by atoms with Gasteiger partial charge in [-0.1, -0.05) is 5.11 Å². The number of rotatable bonds is 4. The molecule has 17 heavy (non-hydrogen) atoms. The molecule has 0 bridgehead atoms. The molecule has 1 aromatic heterocycles. The first kappa shape index (κ1) is 11.5. The number of azide groups is 1. The van der Waals surface area contributed by atoms with Gasteiger partial charge in [0.05, 0.1) is 18.4 Å². The van der Waals surface area contributed by atoms with E-state index in [0.717, 1.165) is 18.8 Å². The summed E-state index contributed by atoms with van der Waals surface area (Å²) in [6.45, 7) is 2.54. The topological polar surface area (TPSA) is 86.9 Å². The average molecular weight is 234 g/mol. The van der Waals surface area contributed by atoms with Crippen LogP contribution in [0.15, 0.2) is 22.2 Å². The van der Waals surface area contributed by atoms with Crippen molar-refractivity contribution in [2.75, 3.05) is 24.5 Å². The van der Waals surface area contributed by atoms with Crippen LogP contribution in [0.4, 0.5) is 5.69 Å². The number of hydrogen-bond donors (Lipinski definition) is 0. The summed E-state index contributed by atoms with van der Waals surface area (Å²) in [7, 11) is 0. The van der Waals surface area contributed by atoms with Crippen LogP contribution in [0, 0.1) is 0 Å². The molecular formula is C10H14N6O. The number of hydrogen-bond acceptors (Lipinski definition) is 4. The summed E-state index contributed by atoms with van der Waals surface area (Å²) in [6, 6.07) is 1.59. The molecule has 1 aliphatic heterocycles. The van der Waals surface area contributed by atoms with Gasteiger partial charge in [0, 0.05) is 30.6 Å². The average Bonchev–Trinajstić information content (AvgIpc) is 2.85. The van der Waals surface area contributed by atoms with E-state index in [9.17, 15) is 4.79 Å². The van der Waals surface area contributed by atoms with Crippen molar-refractivity contribution in [1.82, 2.24) is 9.78 Å². The Labute approximate surface area is 98.3 Å². The first-order valence-electron chi connectivity index (χ1n) is 5.64. The summed E-state index contributed by atoms with van der Waals surface area (Å²) in [6.07, 6.45) is 4.03. The number of aromatic nitrogens is 2. The highest BCUT2D eigenvalue weighted by atomic mass is 16.1. The van der Waals surface area contributed by atoms with Gasteiger partial charge >= 0.3 is 0 Å². The van der Waals surface area contributed by atoms with Crippen molar-refractivity contribution in [2.24, 2.45) is 5.11 Å². The van der Waals surface area contributed by atoms with E-state index >= 15 is 0 Å². The summed E-state index contributed by atoms with van der Waals surface area (Å²) in [5, 5.41) is 7.45. The first-order chi connectivity index (χ1) is 8.31. The molecule has 1 fully saturated rings. The lowest BCUT2D eigenvalue weighted by Gasteiger charge is -2.16. The van der Waals surface area contributed by atoms with Crippen LogP contribution in [-0.4, -0.2) is 29.4 Å². The van der Waals surface area contributed by atoms with Crippen LogP contribution in [0.3, 0.4) is 0 Å². The lowest BCUT2D eigenvalue weighted by Crippen LogP contribution is -2.26. The SMILES string of the molecule is [N-]=[N+]=NCCn1ncc(N2CCCC2)cc1=O.